The van der Waals surface area contributed by atoms with Crippen molar-refractivity contribution in [3.8, 4) is 0 Å². The highest BCUT2D eigenvalue weighted by atomic mass is 19.1. The van der Waals surface area contributed by atoms with Gasteiger partial charge in [-0.1, -0.05) is 0 Å². The van der Waals surface area contributed by atoms with E-state index in [9.17, 15) is 9.18 Å². The molecule has 1 aromatic carbocycles. The first-order valence-electron chi connectivity index (χ1n) is 9.08. The number of hydrogen-bond acceptors (Lipinski definition) is 5. The van der Waals surface area contributed by atoms with Crippen LogP contribution in [0.25, 0.3) is 0 Å². The molecule has 0 radical (unpaired) electrons. The van der Waals surface area contributed by atoms with E-state index in [0.717, 1.165) is 48.3 Å². The zero-order valence-electron chi connectivity index (χ0n) is 15.6. The predicted octanol–water partition coefficient (Wildman–Crippen LogP) is 3.65. The minimum absolute atomic E-state index is 0.219. The number of halogens is 1. The van der Waals surface area contributed by atoms with Gasteiger partial charge >= 0.3 is 0 Å². The van der Waals surface area contributed by atoms with E-state index in [4.69, 9.17) is 9.15 Å². The van der Waals surface area contributed by atoms with Gasteiger partial charge in [0, 0.05) is 37.8 Å². The maximum absolute atomic E-state index is 13.0. The van der Waals surface area contributed by atoms with Gasteiger partial charge in [-0.15, -0.1) is 0 Å². The lowest BCUT2D eigenvalue weighted by Gasteiger charge is -2.13. The summed E-state index contributed by atoms with van der Waals surface area (Å²) in [7, 11) is 1.63. The van der Waals surface area contributed by atoms with E-state index in [1.165, 1.54) is 12.1 Å². The van der Waals surface area contributed by atoms with Crippen molar-refractivity contribution < 1.29 is 18.3 Å². The number of benzene rings is 1. The predicted molar refractivity (Wildman–Crippen MR) is 102 cm³/mol. The zero-order chi connectivity index (χ0) is 19.2. The van der Waals surface area contributed by atoms with Crippen molar-refractivity contribution in [2.45, 2.75) is 32.6 Å². The van der Waals surface area contributed by atoms with Gasteiger partial charge in [0.25, 0.3) is 5.91 Å². The summed E-state index contributed by atoms with van der Waals surface area (Å²) >= 11 is 0. The van der Waals surface area contributed by atoms with Gasteiger partial charge in [-0.2, -0.15) is 5.10 Å². The molecule has 2 N–H and O–H groups in total. The molecular formula is C20H24FN3O3. The van der Waals surface area contributed by atoms with Crippen molar-refractivity contribution in [1.29, 1.82) is 0 Å². The summed E-state index contributed by atoms with van der Waals surface area (Å²) in [4.78, 5) is 12.4. The molecular weight excluding hydrogens is 349 g/mol. The highest BCUT2D eigenvalue weighted by molar-refractivity contribution is 6.06. The maximum atomic E-state index is 13.0. The molecule has 1 aliphatic carbocycles. The Bertz CT molecular complexity index is 828. The Morgan fingerprint density at radius 1 is 1.30 bits per heavy atom. The Balaban J connectivity index is 1.76. The number of hydrazone groups is 1. The summed E-state index contributed by atoms with van der Waals surface area (Å²) in [5.41, 5.74) is 6.21. The molecule has 0 fully saturated rings. The Hall–Kier alpha value is -2.67. The minimum atomic E-state index is -0.292. The molecule has 144 valence electrons. The third kappa shape index (κ3) is 4.54. The lowest BCUT2D eigenvalue weighted by molar-refractivity contribution is 0.0918. The van der Waals surface area contributed by atoms with Crippen LogP contribution in [0.4, 0.5) is 10.1 Å². The third-order valence-electron chi connectivity index (χ3n) is 4.51. The van der Waals surface area contributed by atoms with E-state index >= 15 is 0 Å². The molecule has 6 nitrogen and oxygen atoms in total. The number of fused-ring (bicyclic) bond motifs is 1. The van der Waals surface area contributed by atoms with Gasteiger partial charge in [0.2, 0.25) is 0 Å². The zero-order valence-corrected chi connectivity index (χ0v) is 15.6. The van der Waals surface area contributed by atoms with Crippen molar-refractivity contribution in [1.82, 2.24) is 5.32 Å². The number of nitrogens with zero attached hydrogens (tertiary/aromatic N) is 1. The molecule has 0 bridgehead atoms. The van der Waals surface area contributed by atoms with Gasteiger partial charge in [-0.25, -0.2) is 4.39 Å². The molecule has 0 saturated carbocycles. The van der Waals surface area contributed by atoms with Crippen molar-refractivity contribution in [2.24, 2.45) is 5.10 Å². The van der Waals surface area contributed by atoms with Crippen LogP contribution in [0, 0.1) is 12.7 Å². The average Bonchev–Trinajstić information content (AvgIpc) is 3.02. The van der Waals surface area contributed by atoms with Gasteiger partial charge in [0.1, 0.15) is 11.6 Å². The summed E-state index contributed by atoms with van der Waals surface area (Å²) in [6, 6.07) is 6.02. The van der Waals surface area contributed by atoms with Crippen molar-refractivity contribution in [3.05, 3.63) is 52.7 Å². The van der Waals surface area contributed by atoms with E-state index in [0.29, 0.717) is 24.6 Å². The standard InChI is InChI=1S/C20H24FN3O3/c1-13-18-16(24-23-15-9-7-14(21)8-10-15)5-3-6-17(18)27-19(13)20(25)22-11-4-12-26-2/h7-10,23H,3-6,11-12H2,1-2H3,(H,22,25)/b24-16+. The molecule has 1 aromatic heterocycles. The number of aryl methyl sites for hydroxylation is 1. The highest BCUT2D eigenvalue weighted by Crippen LogP contribution is 2.30. The Morgan fingerprint density at radius 3 is 2.81 bits per heavy atom. The van der Waals surface area contributed by atoms with Crippen LogP contribution in [0.2, 0.25) is 0 Å². The SMILES string of the molecule is COCCCNC(=O)c1oc2c(c1C)/C(=N/Nc1ccc(F)cc1)CCC2. The topological polar surface area (TPSA) is 75.9 Å². The van der Waals surface area contributed by atoms with Crippen LogP contribution in [0.15, 0.2) is 33.8 Å². The quantitative estimate of drug-likeness (QED) is 0.574. The average molecular weight is 373 g/mol. The summed E-state index contributed by atoms with van der Waals surface area (Å²) < 4.78 is 23.9. The molecule has 2 aromatic rings. The molecule has 0 atom stereocenters. The first-order valence-corrected chi connectivity index (χ1v) is 9.08. The first kappa shape index (κ1) is 19.1. The molecule has 7 heteroatoms. The molecule has 0 saturated heterocycles. The first-order chi connectivity index (χ1) is 13.1. The van der Waals surface area contributed by atoms with Crippen molar-refractivity contribution >= 4 is 17.3 Å². The van der Waals surface area contributed by atoms with Gasteiger partial charge in [0.05, 0.1) is 11.4 Å². The monoisotopic (exact) mass is 373 g/mol. The Morgan fingerprint density at radius 2 is 2.07 bits per heavy atom. The van der Waals surface area contributed by atoms with Crippen molar-refractivity contribution in [3.63, 3.8) is 0 Å². The third-order valence-corrected chi connectivity index (χ3v) is 4.51. The lowest BCUT2D eigenvalue weighted by atomic mass is 9.93. The molecule has 3 rings (SSSR count). The summed E-state index contributed by atoms with van der Waals surface area (Å²) in [6.07, 6.45) is 3.22. The smallest absolute Gasteiger partial charge is 0.287 e. The molecule has 0 aliphatic heterocycles. The van der Waals surface area contributed by atoms with E-state index < -0.39 is 0 Å². The van der Waals surface area contributed by atoms with Gasteiger partial charge < -0.3 is 14.5 Å². The van der Waals surface area contributed by atoms with Crippen LogP contribution < -0.4 is 10.7 Å². The molecule has 1 amide bonds. The number of rotatable bonds is 7. The van der Waals surface area contributed by atoms with E-state index in [1.807, 2.05) is 6.92 Å². The van der Waals surface area contributed by atoms with Crippen LogP contribution in [0.3, 0.4) is 0 Å². The molecule has 27 heavy (non-hydrogen) atoms. The summed E-state index contributed by atoms with van der Waals surface area (Å²) in [6.45, 7) is 3.01. The maximum Gasteiger partial charge on any atom is 0.287 e. The number of methoxy groups -OCH3 is 1. The van der Waals surface area contributed by atoms with E-state index in [2.05, 4.69) is 15.8 Å². The van der Waals surface area contributed by atoms with E-state index in [1.54, 1.807) is 19.2 Å². The van der Waals surface area contributed by atoms with Gasteiger partial charge in [-0.3, -0.25) is 10.2 Å². The second-order valence-corrected chi connectivity index (χ2v) is 6.49. The van der Waals surface area contributed by atoms with Crippen LogP contribution in [0.5, 0.6) is 0 Å². The normalized spacial score (nSPS) is 14.9. The van der Waals surface area contributed by atoms with Crippen LogP contribution in [0.1, 0.15) is 46.7 Å². The summed E-state index contributed by atoms with van der Waals surface area (Å²) in [5.74, 6) is 0.623. The van der Waals surface area contributed by atoms with Crippen LogP contribution in [-0.2, 0) is 11.2 Å². The molecule has 0 unspecified atom stereocenters. The van der Waals surface area contributed by atoms with Crippen LogP contribution >= 0.6 is 0 Å². The number of carbonyl (C=O) groups excluding carboxylic acids is 1. The Labute approximate surface area is 157 Å². The van der Waals surface area contributed by atoms with Crippen molar-refractivity contribution in [2.75, 3.05) is 25.7 Å². The number of amides is 1. The van der Waals surface area contributed by atoms with Gasteiger partial charge in [-0.05, 0) is 50.5 Å². The number of hydrogen-bond donors (Lipinski definition) is 2. The highest BCUT2D eigenvalue weighted by Gasteiger charge is 2.27. The largest absolute Gasteiger partial charge is 0.455 e. The molecule has 1 heterocycles. The second-order valence-electron chi connectivity index (χ2n) is 6.49. The lowest BCUT2D eigenvalue weighted by Crippen LogP contribution is -2.25. The fraction of sp³-hybridized carbons (Fsp3) is 0.400. The molecule has 0 spiro atoms. The second kappa shape index (κ2) is 8.81. The van der Waals surface area contributed by atoms with E-state index in [-0.39, 0.29) is 11.7 Å². The number of carbonyl (C=O) groups is 1. The molecule has 1 aliphatic rings. The number of anilines is 1. The fourth-order valence-electron chi connectivity index (χ4n) is 3.15. The number of nitrogens with one attached hydrogen (secondary N) is 2. The summed E-state index contributed by atoms with van der Waals surface area (Å²) in [5, 5.41) is 7.34. The van der Waals surface area contributed by atoms with Gasteiger partial charge in [0.15, 0.2) is 5.76 Å². The van der Waals surface area contributed by atoms with Crippen LogP contribution in [-0.4, -0.2) is 31.9 Å². The minimum Gasteiger partial charge on any atom is -0.455 e. The Kier molecular flexibility index (Phi) is 6.24. The fourth-order valence-corrected chi connectivity index (χ4v) is 3.15. The number of ether oxygens (including phenoxy) is 1. The number of furan rings is 1.